The van der Waals surface area contributed by atoms with Gasteiger partial charge in [-0.15, -0.1) is 0 Å². The topological polar surface area (TPSA) is 480 Å². The Labute approximate surface area is 582 Å². The summed E-state index contributed by atoms with van der Waals surface area (Å²) in [4.78, 5) is 177. The number of phenolic OH excluding ortho intramolecular Hbond substituents is 1. The molecular formula is C66H89N15O16S2. The van der Waals surface area contributed by atoms with E-state index in [-0.39, 0.29) is 68.2 Å². The lowest BCUT2D eigenvalue weighted by Gasteiger charge is -2.30. The van der Waals surface area contributed by atoms with Gasteiger partial charge in [0, 0.05) is 66.3 Å². The lowest BCUT2D eigenvalue weighted by Crippen LogP contribution is -2.62. The fraction of sp³-hybridized carbons (Fsp3) is 0.470. The third-order valence-corrected chi connectivity index (χ3v) is 17.1. The van der Waals surface area contributed by atoms with Gasteiger partial charge in [0.1, 0.15) is 66.2 Å². The molecule has 1 aliphatic heterocycles. The fourth-order valence-corrected chi connectivity index (χ4v) is 11.4. The molecule has 2 aromatic heterocycles. The zero-order chi connectivity index (χ0) is 72.6. The highest BCUT2D eigenvalue weighted by atomic mass is 32.1. The van der Waals surface area contributed by atoms with Crippen molar-refractivity contribution in [3.63, 3.8) is 0 Å². The van der Waals surface area contributed by atoms with E-state index in [0.29, 0.717) is 39.7 Å². The van der Waals surface area contributed by atoms with Gasteiger partial charge in [-0.2, -0.15) is 25.3 Å². The molecule has 0 bridgehead atoms. The quantitative estimate of drug-likeness (QED) is 0.0186. The van der Waals surface area contributed by atoms with Crippen LogP contribution in [0.15, 0.2) is 97.6 Å². The van der Waals surface area contributed by atoms with E-state index in [1.54, 1.807) is 101 Å². The van der Waals surface area contributed by atoms with Crippen molar-refractivity contribution < 1.29 is 78.0 Å². The summed E-state index contributed by atoms with van der Waals surface area (Å²) in [6.07, 6.45) is 2.74. The van der Waals surface area contributed by atoms with Crippen molar-refractivity contribution in [3.8, 4) is 5.75 Å². The van der Waals surface area contributed by atoms with E-state index in [2.05, 4.69) is 93.4 Å². The summed E-state index contributed by atoms with van der Waals surface area (Å²) in [7, 11) is 0. The van der Waals surface area contributed by atoms with Crippen LogP contribution < -0.4 is 58.9 Å². The van der Waals surface area contributed by atoms with Crippen molar-refractivity contribution in [3.05, 3.63) is 120 Å². The van der Waals surface area contributed by atoms with Gasteiger partial charge in [0.05, 0.1) is 31.6 Å². The zero-order valence-corrected chi connectivity index (χ0v) is 57.1. The second-order valence-corrected chi connectivity index (χ2v) is 25.6. The molecule has 18 N–H and O–H groups in total. The first kappa shape index (κ1) is 78.4. The number of phenols is 1. The number of nitrogens with two attached hydrogens (primary N) is 1. The van der Waals surface area contributed by atoms with E-state index in [4.69, 9.17) is 5.73 Å². The zero-order valence-electron chi connectivity index (χ0n) is 55.4. The summed E-state index contributed by atoms with van der Waals surface area (Å²) in [5.74, 6) is -12.3. The van der Waals surface area contributed by atoms with Gasteiger partial charge in [-0.3, -0.25) is 52.7 Å². The molecule has 5 aromatic rings. The number of carboxylic acids is 1. The van der Waals surface area contributed by atoms with Crippen LogP contribution in [0, 0.1) is 11.8 Å². The standard InChI is InChI=1S/C66H89N15O16S2/c1-34(2)22-45(59(89)80-55(36(5)83)65(95)75-47(25-39-27-69-44-15-10-9-14-42(39)44)60(90)79-54(35(3)4)64(94)78-51(32-99)66(96)97)74-63(93)52-16-11-21-81(52)53(85)29-70-57(87)46(24-37-12-7-6-8-13-37)72-58(88)48(26-40-28-68-33-71-40)73-62(92)50(31-98)77-61(91)49(30-82)76-56(86)43(67)23-38-17-19-41(84)20-18-38/h6-10,12-15,17-20,27-28,33-36,43,45-52,54-55,69,82-84,98-99H,11,16,21-26,29-32,67H2,1-5H3,(H,68,71)(H,70,87)(H,72,88)(H,73,92)(H,74,93)(H,75,95)(H,76,86)(H,77,91)(H,78,94)(H,79,90)(H,80,89)(H,96,97)/t36-,43+,45+,46+,47+,48+,49+,50+,51+,52+,54+,55+/m1/s1. The van der Waals surface area contributed by atoms with E-state index in [1.165, 1.54) is 36.5 Å². The molecule has 1 saturated heterocycles. The van der Waals surface area contributed by atoms with Crippen LogP contribution in [0.1, 0.15) is 76.3 Å². The van der Waals surface area contributed by atoms with E-state index < -0.39 is 163 Å². The predicted molar refractivity (Wildman–Crippen MR) is 368 cm³/mol. The van der Waals surface area contributed by atoms with Gasteiger partial charge in [0.25, 0.3) is 0 Å². The van der Waals surface area contributed by atoms with E-state index >= 15 is 0 Å². The summed E-state index contributed by atoms with van der Waals surface area (Å²) in [6.45, 7) is 6.49. The Morgan fingerprint density at radius 3 is 1.76 bits per heavy atom. The second kappa shape index (κ2) is 38.0. The monoisotopic (exact) mass is 1410 g/mol. The molecule has 31 nitrogen and oxygen atoms in total. The number of hydrogen-bond acceptors (Lipinski definition) is 19. The number of amides is 11. The first-order valence-electron chi connectivity index (χ1n) is 32.2. The lowest BCUT2D eigenvalue weighted by molar-refractivity contribution is -0.142. The minimum atomic E-state index is -1.74. The highest BCUT2D eigenvalue weighted by Gasteiger charge is 2.40. The molecule has 536 valence electrons. The summed E-state index contributed by atoms with van der Waals surface area (Å²) in [6, 6.07) is 6.14. The summed E-state index contributed by atoms with van der Waals surface area (Å²) in [5.41, 5.74) is 8.91. The number of aromatic amines is 2. The largest absolute Gasteiger partial charge is 0.508 e. The van der Waals surface area contributed by atoms with Gasteiger partial charge in [0.15, 0.2) is 0 Å². The molecule has 0 radical (unpaired) electrons. The lowest BCUT2D eigenvalue weighted by atomic mass is 9.99. The van der Waals surface area contributed by atoms with Gasteiger partial charge < -0.3 is 94.2 Å². The highest BCUT2D eigenvalue weighted by Crippen LogP contribution is 2.22. The van der Waals surface area contributed by atoms with Crippen LogP contribution in [0.4, 0.5) is 0 Å². The third kappa shape index (κ3) is 23.3. The van der Waals surface area contributed by atoms with Crippen molar-refractivity contribution in [2.24, 2.45) is 17.6 Å². The number of carboxylic acid groups (broad SMARTS) is 1. The number of aliphatic hydroxyl groups excluding tert-OH is 2. The number of H-pyrrole nitrogens is 2. The van der Waals surface area contributed by atoms with Crippen molar-refractivity contribution in [2.75, 3.05) is 31.2 Å². The number of fused-ring (bicyclic) bond motifs is 1. The van der Waals surface area contributed by atoms with Gasteiger partial charge >= 0.3 is 5.97 Å². The number of rotatable bonds is 37. The van der Waals surface area contributed by atoms with Crippen LogP contribution in [-0.2, 0) is 83.2 Å². The Kier molecular flexibility index (Phi) is 30.1. The van der Waals surface area contributed by atoms with Crippen molar-refractivity contribution in [1.29, 1.82) is 0 Å². The van der Waals surface area contributed by atoms with Gasteiger partial charge in [-0.1, -0.05) is 88.4 Å². The van der Waals surface area contributed by atoms with E-state index in [0.717, 1.165) is 0 Å². The Balaban J connectivity index is 1.12. The summed E-state index contributed by atoms with van der Waals surface area (Å²) >= 11 is 8.26. The number of aliphatic hydroxyl groups is 2. The number of nitrogens with zero attached hydrogens (tertiary/aromatic N) is 2. The number of likely N-dealkylation sites (tertiary alicyclic amines) is 1. The summed E-state index contributed by atoms with van der Waals surface area (Å²) < 4.78 is 0. The maximum atomic E-state index is 14.4. The second-order valence-electron chi connectivity index (χ2n) is 24.9. The van der Waals surface area contributed by atoms with Gasteiger partial charge in [-0.25, -0.2) is 9.78 Å². The molecule has 0 aliphatic carbocycles. The highest BCUT2D eigenvalue weighted by molar-refractivity contribution is 7.80. The summed E-state index contributed by atoms with van der Waals surface area (Å²) in [5, 5.41) is 66.6. The SMILES string of the molecule is CC(C)C[C@H](NC(=O)[C@@H]1CCCN1C(=O)CNC(=O)[C@H](Cc1ccccc1)NC(=O)[C@H](Cc1cnc[nH]1)NC(=O)[C@H](CS)NC(=O)[C@H](CO)NC(=O)[C@@H](N)Cc1ccc(O)cc1)C(=O)N[C@H](C(=O)N[C@@H](Cc1c[nH]c2ccccc12)C(=O)N[C@H](C(=O)N[C@@H](CS)C(=O)O)C(C)C)[C@@H](C)O. The average Bonchev–Trinajstić information content (AvgIpc) is 1.75. The Morgan fingerprint density at radius 1 is 0.596 bits per heavy atom. The maximum absolute atomic E-state index is 14.4. The van der Waals surface area contributed by atoms with Crippen LogP contribution in [0.5, 0.6) is 5.75 Å². The molecule has 6 rings (SSSR count). The van der Waals surface area contributed by atoms with Crippen LogP contribution in [0.2, 0.25) is 0 Å². The Hall–Kier alpha value is -9.57. The minimum Gasteiger partial charge on any atom is -0.508 e. The molecular weight excluding hydrogens is 1320 g/mol. The molecule has 0 spiro atoms. The third-order valence-electron chi connectivity index (χ3n) is 16.4. The number of para-hydroxylation sites is 1. The number of thiol groups is 2. The number of carbonyl (C=O) groups excluding carboxylic acids is 11. The number of carbonyl (C=O) groups is 12. The maximum Gasteiger partial charge on any atom is 0.327 e. The number of aromatic hydroxyl groups is 1. The number of aromatic nitrogens is 3. The molecule has 3 aromatic carbocycles. The molecule has 3 heterocycles. The molecule has 0 saturated carbocycles. The first-order valence-corrected chi connectivity index (χ1v) is 33.5. The van der Waals surface area contributed by atoms with Crippen molar-refractivity contribution in [1.82, 2.24) is 73.0 Å². The molecule has 99 heavy (non-hydrogen) atoms. The first-order chi connectivity index (χ1) is 47.1. The van der Waals surface area contributed by atoms with Crippen LogP contribution in [0.3, 0.4) is 0 Å². The van der Waals surface area contributed by atoms with Crippen LogP contribution >= 0.6 is 25.3 Å². The number of imidazole rings is 1. The van der Waals surface area contributed by atoms with E-state index in [9.17, 15) is 78.0 Å². The normalized spacial score (nSPS) is 16.2. The van der Waals surface area contributed by atoms with Gasteiger partial charge in [0.2, 0.25) is 65.0 Å². The number of hydrogen-bond donors (Lipinski definition) is 19. The number of nitrogens with one attached hydrogen (secondary N) is 12. The average molecular weight is 1410 g/mol. The fourth-order valence-electron chi connectivity index (χ4n) is 10.9. The number of aliphatic carboxylic acids is 1. The predicted octanol–water partition coefficient (Wildman–Crippen LogP) is -2.32. The molecule has 12 atom stereocenters. The molecule has 0 unspecified atom stereocenters. The molecule has 1 aliphatic rings. The molecule has 11 amide bonds. The Morgan fingerprint density at radius 2 is 1.14 bits per heavy atom. The Bertz CT molecular complexity index is 3600. The number of benzene rings is 3. The van der Waals surface area contributed by atoms with E-state index in [1.807, 2.05) is 0 Å². The minimum absolute atomic E-state index is 0.000701. The van der Waals surface area contributed by atoms with Crippen LogP contribution in [-0.4, -0.2) is 215 Å². The van der Waals surface area contributed by atoms with Crippen molar-refractivity contribution >= 4 is 107 Å². The van der Waals surface area contributed by atoms with Gasteiger partial charge in [-0.05, 0) is 79.3 Å². The molecule has 33 heteroatoms. The van der Waals surface area contributed by atoms with Crippen molar-refractivity contribution in [2.45, 2.75) is 152 Å². The molecule has 1 fully saturated rings. The smallest absolute Gasteiger partial charge is 0.327 e. The van der Waals surface area contributed by atoms with Crippen LogP contribution in [0.25, 0.3) is 10.9 Å².